The third-order valence-electron chi connectivity index (χ3n) is 2.07. The lowest BCUT2D eigenvalue weighted by molar-refractivity contribution is 0.217. The zero-order valence-corrected chi connectivity index (χ0v) is 8.66. The van der Waals surface area contributed by atoms with Crippen LogP contribution in [0.5, 0.6) is 0 Å². The summed E-state index contributed by atoms with van der Waals surface area (Å²) in [6.45, 7) is 2.28. The molecule has 0 fully saturated rings. The van der Waals surface area contributed by atoms with Crippen molar-refractivity contribution < 1.29 is 5.11 Å². The lowest BCUT2D eigenvalue weighted by Crippen LogP contribution is -2.31. The lowest BCUT2D eigenvalue weighted by Gasteiger charge is -2.28. The number of imidazole rings is 1. The highest BCUT2D eigenvalue weighted by atomic mass is 79.9. The fraction of sp³-hybridized carbons (Fsp3) is 0.625. The van der Waals surface area contributed by atoms with E-state index < -0.39 is 0 Å². The zero-order valence-electron chi connectivity index (χ0n) is 7.07. The fourth-order valence-electron chi connectivity index (χ4n) is 1.08. The maximum atomic E-state index is 8.88. The second-order valence-electron chi connectivity index (χ2n) is 3.07. The number of aromatic nitrogens is 2. The molecule has 0 aliphatic carbocycles. The molecule has 1 aromatic rings. The molecule has 0 bridgehead atoms. The minimum atomic E-state index is -0.0642. The third-order valence-corrected chi connectivity index (χ3v) is 3.27. The molecule has 1 N–H and O–H groups in total. The summed E-state index contributed by atoms with van der Waals surface area (Å²) in [5.41, 5.74) is -0.0642. The van der Waals surface area contributed by atoms with Gasteiger partial charge in [0.15, 0.2) is 0 Å². The number of halogens is 1. The number of aliphatic hydroxyl groups excluding tert-OH is 1. The highest BCUT2D eigenvalue weighted by Gasteiger charge is 2.23. The van der Waals surface area contributed by atoms with Crippen molar-refractivity contribution in [2.75, 3.05) is 11.9 Å². The van der Waals surface area contributed by atoms with E-state index in [2.05, 4.69) is 27.8 Å². The fourth-order valence-corrected chi connectivity index (χ4v) is 1.65. The van der Waals surface area contributed by atoms with Crippen molar-refractivity contribution >= 4 is 15.9 Å². The standard InChI is InChI=1S/C8H13BrN2O/c1-8(6-9,2-5-12)11-4-3-10-7-11/h3-4,7,12H,2,5-6H2,1H3. The largest absolute Gasteiger partial charge is 0.396 e. The average Bonchev–Trinajstić information content (AvgIpc) is 2.57. The summed E-state index contributed by atoms with van der Waals surface area (Å²) in [6, 6.07) is 0. The Morgan fingerprint density at radius 1 is 1.67 bits per heavy atom. The van der Waals surface area contributed by atoms with Crippen LogP contribution in [-0.2, 0) is 5.54 Å². The summed E-state index contributed by atoms with van der Waals surface area (Å²) in [5, 5.41) is 9.69. The molecule has 0 amide bonds. The van der Waals surface area contributed by atoms with E-state index in [1.54, 1.807) is 12.5 Å². The summed E-state index contributed by atoms with van der Waals surface area (Å²) in [4.78, 5) is 3.98. The predicted octanol–water partition coefficient (Wildman–Crippen LogP) is 1.38. The number of nitrogens with zero attached hydrogens (tertiary/aromatic N) is 2. The van der Waals surface area contributed by atoms with Crippen LogP contribution >= 0.6 is 15.9 Å². The molecular formula is C8H13BrN2O. The van der Waals surface area contributed by atoms with E-state index >= 15 is 0 Å². The molecule has 0 saturated heterocycles. The van der Waals surface area contributed by atoms with Gasteiger partial charge < -0.3 is 9.67 Å². The second-order valence-corrected chi connectivity index (χ2v) is 3.63. The van der Waals surface area contributed by atoms with E-state index in [4.69, 9.17) is 5.11 Å². The lowest BCUT2D eigenvalue weighted by atomic mass is 10.0. The van der Waals surface area contributed by atoms with Crippen molar-refractivity contribution in [2.24, 2.45) is 0 Å². The van der Waals surface area contributed by atoms with Gasteiger partial charge in [-0.15, -0.1) is 0 Å². The molecule has 1 aromatic heterocycles. The number of hydrogen-bond acceptors (Lipinski definition) is 2. The first-order valence-electron chi connectivity index (χ1n) is 3.88. The Kier molecular flexibility index (Phi) is 3.29. The van der Waals surface area contributed by atoms with Crippen molar-refractivity contribution in [3.63, 3.8) is 0 Å². The minimum absolute atomic E-state index is 0.0642. The first kappa shape index (κ1) is 9.74. The number of alkyl halides is 1. The van der Waals surface area contributed by atoms with Gasteiger partial charge in [0.25, 0.3) is 0 Å². The molecule has 68 valence electrons. The molecule has 0 aliphatic heterocycles. The normalized spacial score (nSPS) is 15.9. The van der Waals surface area contributed by atoms with Crippen LogP contribution in [0.4, 0.5) is 0 Å². The van der Waals surface area contributed by atoms with Gasteiger partial charge in [0.2, 0.25) is 0 Å². The van der Waals surface area contributed by atoms with Crippen molar-refractivity contribution in [2.45, 2.75) is 18.9 Å². The molecule has 1 heterocycles. The van der Waals surface area contributed by atoms with Crippen LogP contribution in [0.1, 0.15) is 13.3 Å². The van der Waals surface area contributed by atoms with Crippen LogP contribution in [0.15, 0.2) is 18.7 Å². The Hall–Kier alpha value is -0.350. The first-order chi connectivity index (χ1) is 5.73. The minimum Gasteiger partial charge on any atom is -0.396 e. The third kappa shape index (κ3) is 1.87. The molecular weight excluding hydrogens is 220 g/mol. The Balaban J connectivity index is 2.80. The molecule has 3 nitrogen and oxygen atoms in total. The SMILES string of the molecule is CC(CBr)(CCO)n1ccnc1. The Morgan fingerprint density at radius 2 is 2.42 bits per heavy atom. The van der Waals surface area contributed by atoms with E-state index in [9.17, 15) is 0 Å². The maximum Gasteiger partial charge on any atom is 0.0951 e. The van der Waals surface area contributed by atoms with Gasteiger partial charge in [-0.3, -0.25) is 0 Å². The van der Waals surface area contributed by atoms with E-state index in [1.165, 1.54) is 0 Å². The molecule has 12 heavy (non-hydrogen) atoms. The Bertz CT molecular complexity index is 225. The molecule has 1 atom stereocenters. The molecule has 0 radical (unpaired) electrons. The quantitative estimate of drug-likeness (QED) is 0.797. The molecule has 1 rings (SSSR count). The van der Waals surface area contributed by atoms with Crippen molar-refractivity contribution in [3.05, 3.63) is 18.7 Å². The van der Waals surface area contributed by atoms with E-state index in [1.807, 2.05) is 10.8 Å². The second kappa shape index (κ2) is 4.05. The molecule has 1 unspecified atom stereocenters. The molecule has 0 aliphatic rings. The van der Waals surface area contributed by atoms with Crippen LogP contribution < -0.4 is 0 Å². The van der Waals surface area contributed by atoms with E-state index in [-0.39, 0.29) is 12.1 Å². The molecule has 4 heteroatoms. The summed E-state index contributed by atoms with van der Waals surface area (Å²) in [5.74, 6) is 0. The van der Waals surface area contributed by atoms with Crippen LogP contribution in [0.3, 0.4) is 0 Å². The molecule has 0 aromatic carbocycles. The van der Waals surface area contributed by atoms with Crippen LogP contribution in [0.25, 0.3) is 0 Å². The van der Waals surface area contributed by atoms with Gasteiger partial charge in [-0.05, 0) is 13.3 Å². The summed E-state index contributed by atoms with van der Waals surface area (Å²) in [6.07, 6.45) is 6.17. The van der Waals surface area contributed by atoms with Gasteiger partial charge in [-0.2, -0.15) is 0 Å². The topological polar surface area (TPSA) is 38.0 Å². The molecule has 0 spiro atoms. The Morgan fingerprint density at radius 3 is 2.83 bits per heavy atom. The van der Waals surface area contributed by atoms with Gasteiger partial charge in [0, 0.05) is 24.3 Å². The smallest absolute Gasteiger partial charge is 0.0951 e. The summed E-state index contributed by atoms with van der Waals surface area (Å²) < 4.78 is 2.01. The highest BCUT2D eigenvalue weighted by Crippen LogP contribution is 2.22. The number of rotatable bonds is 4. The average molecular weight is 233 g/mol. The van der Waals surface area contributed by atoms with Gasteiger partial charge in [-0.25, -0.2) is 4.98 Å². The number of hydrogen-bond donors (Lipinski definition) is 1. The predicted molar refractivity (Wildman–Crippen MR) is 51.4 cm³/mol. The molecule has 0 saturated carbocycles. The maximum absolute atomic E-state index is 8.88. The van der Waals surface area contributed by atoms with Crippen LogP contribution in [0, 0.1) is 0 Å². The highest BCUT2D eigenvalue weighted by molar-refractivity contribution is 9.09. The van der Waals surface area contributed by atoms with Gasteiger partial charge in [0.05, 0.1) is 11.9 Å². The van der Waals surface area contributed by atoms with Crippen LogP contribution in [-0.4, -0.2) is 26.6 Å². The van der Waals surface area contributed by atoms with Gasteiger partial charge in [0.1, 0.15) is 0 Å². The summed E-state index contributed by atoms with van der Waals surface area (Å²) in [7, 11) is 0. The van der Waals surface area contributed by atoms with E-state index in [0.29, 0.717) is 0 Å². The monoisotopic (exact) mass is 232 g/mol. The van der Waals surface area contributed by atoms with Crippen molar-refractivity contribution in [3.8, 4) is 0 Å². The van der Waals surface area contributed by atoms with E-state index in [0.717, 1.165) is 11.8 Å². The van der Waals surface area contributed by atoms with Crippen molar-refractivity contribution in [1.29, 1.82) is 0 Å². The van der Waals surface area contributed by atoms with Gasteiger partial charge in [-0.1, -0.05) is 15.9 Å². The van der Waals surface area contributed by atoms with Gasteiger partial charge >= 0.3 is 0 Å². The zero-order chi connectivity index (χ0) is 9.03. The number of aliphatic hydroxyl groups is 1. The van der Waals surface area contributed by atoms with Crippen LogP contribution in [0.2, 0.25) is 0 Å². The van der Waals surface area contributed by atoms with Crippen molar-refractivity contribution in [1.82, 2.24) is 9.55 Å². The Labute approximate surface area is 80.6 Å². The first-order valence-corrected chi connectivity index (χ1v) is 5.00. The summed E-state index contributed by atoms with van der Waals surface area (Å²) >= 11 is 3.43.